The maximum absolute atomic E-state index is 11.5. The molecule has 0 atom stereocenters. The minimum Gasteiger partial charge on any atom is -0.257 e. The molecule has 0 unspecified atom stereocenters. The highest BCUT2D eigenvalue weighted by Gasteiger charge is 2.28. The van der Waals surface area contributed by atoms with Crippen molar-refractivity contribution in [3.8, 4) is 0 Å². The summed E-state index contributed by atoms with van der Waals surface area (Å²) in [5.74, 6) is 0. The first-order chi connectivity index (χ1) is 9.04. The van der Waals surface area contributed by atoms with Crippen LogP contribution in [0.15, 0.2) is 48.5 Å². The van der Waals surface area contributed by atoms with Gasteiger partial charge in [0.1, 0.15) is 6.10 Å². The van der Waals surface area contributed by atoms with Crippen LogP contribution in [-0.2, 0) is 20.7 Å². The van der Waals surface area contributed by atoms with Crippen LogP contribution < -0.4 is 0 Å². The van der Waals surface area contributed by atoms with E-state index in [1.54, 1.807) is 0 Å². The molecule has 1 aliphatic rings. The molecular formula is C15H14O3S. The Balaban J connectivity index is 2.16. The van der Waals surface area contributed by atoms with E-state index < -0.39 is 16.2 Å². The monoisotopic (exact) mass is 274 g/mol. The minimum absolute atomic E-state index is 0.531. The molecule has 3 rings (SSSR count). The molecule has 0 radical (unpaired) electrons. The Morgan fingerprint density at radius 2 is 1.42 bits per heavy atom. The minimum atomic E-state index is -3.51. The topological polar surface area (TPSA) is 43.4 Å². The van der Waals surface area contributed by atoms with Crippen molar-refractivity contribution in [2.45, 2.75) is 12.5 Å². The van der Waals surface area contributed by atoms with Crippen molar-refractivity contribution in [1.82, 2.24) is 0 Å². The maximum atomic E-state index is 11.5. The van der Waals surface area contributed by atoms with Gasteiger partial charge in [-0.3, -0.25) is 4.18 Å². The van der Waals surface area contributed by atoms with Crippen molar-refractivity contribution in [2.24, 2.45) is 0 Å². The van der Waals surface area contributed by atoms with Crippen LogP contribution in [0.4, 0.5) is 0 Å². The Hall–Kier alpha value is -1.65. The molecule has 0 heterocycles. The Morgan fingerprint density at radius 3 is 1.89 bits per heavy atom. The molecule has 1 aliphatic carbocycles. The molecule has 4 heteroatoms. The first kappa shape index (κ1) is 12.4. The Bertz CT molecular complexity index is 674. The third-order valence-electron chi connectivity index (χ3n) is 3.33. The molecule has 19 heavy (non-hydrogen) atoms. The quantitative estimate of drug-likeness (QED) is 0.791. The van der Waals surface area contributed by atoms with Gasteiger partial charge >= 0.3 is 0 Å². The van der Waals surface area contributed by atoms with E-state index in [1.807, 2.05) is 48.5 Å². The van der Waals surface area contributed by atoms with Crippen LogP contribution in [0.3, 0.4) is 0 Å². The molecule has 98 valence electrons. The normalized spacial score (nSPS) is 14.8. The van der Waals surface area contributed by atoms with Crippen molar-refractivity contribution < 1.29 is 12.6 Å². The largest absolute Gasteiger partial charge is 0.265 e. The van der Waals surface area contributed by atoms with Gasteiger partial charge < -0.3 is 0 Å². The molecule has 0 amide bonds. The van der Waals surface area contributed by atoms with Gasteiger partial charge in [0.05, 0.1) is 6.26 Å². The van der Waals surface area contributed by atoms with Crippen molar-refractivity contribution in [2.75, 3.05) is 6.26 Å². The second kappa shape index (κ2) is 4.47. The highest BCUT2D eigenvalue weighted by Crippen LogP contribution is 2.37. The molecule has 2 aromatic carbocycles. The summed E-state index contributed by atoms with van der Waals surface area (Å²) in [4.78, 5) is 0. The van der Waals surface area contributed by atoms with Crippen LogP contribution in [0.25, 0.3) is 0 Å². The highest BCUT2D eigenvalue weighted by atomic mass is 32.2. The molecule has 0 spiro atoms. The molecule has 0 aliphatic heterocycles. The third-order valence-corrected chi connectivity index (χ3v) is 3.87. The van der Waals surface area contributed by atoms with Gasteiger partial charge in [-0.1, -0.05) is 48.5 Å². The molecule has 0 bridgehead atoms. The standard InChI is InChI=1S/C15H14O3S/c1-19(16,17)18-15-13-8-4-2-6-11(13)10-12-7-3-5-9-14(12)15/h2-9,15H,10H2,1H3. The van der Waals surface area contributed by atoms with Crippen LogP contribution in [0.5, 0.6) is 0 Å². The summed E-state index contributed by atoms with van der Waals surface area (Å²) in [6, 6.07) is 15.6. The van der Waals surface area contributed by atoms with Crippen LogP contribution >= 0.6 is 0 Å². The number of fused-ring (bicyclic) bond motifs is 2. The molecule has 0 N–H and O–H groups in total. The second-order valence-electron chi connectivity index (χ2n) is 4.75. The van der Waals surface area contributed by atoms with E-state index in [4.69, 9.17) is 4.18 Å². The average Bonchev–Trinajstić information content (AvgIpc) is 2.37. The Kier molecular flexibility index (Phi) is 2.92. The summed E-state index contributed by atoms with van der Waals surface area (Å²) < 4.78 is 28.3. The van der Waals surface area contributed by atoms with Gasteiger partial charge in [0.2, 0.25) is 0 Å². The zero-order valence-electron chi connectivity index (χ0n) is 10.5. The summed E-state index contributed by atoms with van der Waals surface area (Å²) in [6.07, 6.45) is 1.37. The fourth-order valence-electron chi connectivity index (χ4n) is 2.55. The van der Waals surface area contributed by atoms with Crippen molar-refractivity contribution in [3.05, 3.63) is 70.8 Å². The lowest BCUT2D eigenvalue weighted by Gasteiger charge is -2.27. The lowest BCUT2D eigenvalue weighted by molar-refractivity contribution is 0.251. The molecule has 0 saturated carbocycles. The third kappa shape index (κ3) is 2.41. The summed E-state index contributed by atoms with van der Waals surface area (Å²) in [6.45, 7) is 0. The number of benzene rings is 2. The number of rotatable bonds is 2. The highest BCUT2D eigenvalue weighted by molar-refractivity contribution is 7.86. The van der Waals surface area contributed by atoms with Gasteiger partial charge in [-0.05, 0) is 28.7 Å². The second-order valence-corrected chi connectivity index (χ2v) is 6.36. The predicted molar refractivity (Wildman–Crippen MR) is 73.5 cm³/mol. The van der Waals surface area contributed by atoms with Crippen LogP contribution in [0.2, 0.25) is 0 Å². The molecule has 3 nitrogen and oxygen atoms in total. The number of hydrogen-bond acceptors (Lipinski definition) is 3. The predicted octanol–water partition coefficient (Wildman–Crippen LogP) is 2.66. The average molecular weight is 274 g/mol. The molecule has 0 saturated heterocycles. The SMILES string of the molecule is CS(=O)(=O)OC1c2ccccc2Cc2ccccc21. The fraction of sp³-hybridized carbons (Fsp3) is 0.200. The van der Waals surface area contributed by atoms with Gasteiger partial charge in [-0.15, -0.1) is 0 Å². The molecule has 0 aromatic heterocycles. The van der Waals surface area contributed by atoms with Crippen LogP contribution in [-0.4, -0.2) is 14.7 Å². The summed E-state index contributed by atoms with van der Waals surface area (Å²) in [7, 11) is -3.51. The van der Waals surface area contributed by atoms with E-state index in [0.29, 0.717) is 0 Å². The van der Waals surface area contributed by atoms with Crippen molar-refractivity contribution in [3.63, 3.8) is 0 Å². The van der Waals surface area contributed by atoms with Gasteiger partial charge in [0, 0.05) is 0 Å². The lowest BCUT2D eigenvalue weighted by atomic mass is 9.84. The summed E-state index contributed by atoms with van der Waals surface area (Å²) in [5, 5.41) is 0. The van der Waals surface area contributed by atoms with Gasteiger partial charge in [-0.25, -0.2) is 0 Å². The lowest BCUT2D eigenvalue weighted by Crippen LogP contribution is -2.19. The number of hydrogen-bond donors (Lipinski definition) is 0. The fourth-order valence-corrected chi connectivity index (χ4v) is 3.11. The van der Waals surface area contributed by atoms with Crippen LogP contribution in [0, 0.1) is 0 Å². The van der Waals surface area contributed by atoms with Gasteiger partial charge in [0.25, 0.3) is 10.1 Å². The van der Waals surface area contributed by atoms with E-state index in [2.05, 4.69) is 0 Å². The first-order valence-corrected chi connectivity index (χ1v) is 7.90. The van der Waals surface area contributed by atoms with Gasteiger partial charge in [-0.2, -0.15) is 8.42 Å². The van der Waals surface area contributed by atoms with Crippen LogP contribution in [0.1, 0.15) is 28.4 Å². The van der Waals surface area contributed by atoms with E-state index in [-0.39, 0.29) is 0 Å². The smallest absolute Gasteiger partial charge is 0.257 e. The Morgan fingerprint density at radius 1 is 0.947 bits per heavy atom. The first-order valence-electron chi connectivity index (χ1n) is 6.08. The van der Waals surface area contributed by atoms with E-state index in [9.17, 15) is 8.42 Å². The van der Waals surface area contributed by atoms with E-state index >= 15 is 0 Å². The van der Waals surface area contributed by atoms with E-state index in [0.717, 1.165) is 34.9 Å². The zero-order valence-corrected chi connectivity index (χ0v) is 11.4. The molecule has 0 fully saturated rings. The maximum Gasteiger partial charge on any atom is 0.265 e. The van der Waals surface area contributed by atoms with E-state index in [1.165, 1.54) is 0 Å². The summed E-state index contributed by atoms with van der Waals surface area (Å²) >= 11 is 0. The molecule has 2 aromatic rings. The van der Waals surface area contributed by atoms with Gasteiger partial charge in [0.15, 0.2) is 0 Å². The summed E-state index contributed by atoms with van der Waals surface area (Å²) in [5.41, 5.74) is 4.11. The Labute approximate surface area is 113 Å². The van der Waals surface area contributed by atoms with Crippen molar-refractivity contribution >= 4 is 10.1 Å². The van der Waals surface area contributed by atoms with Crippen molar-refractivity contribution in [1.29, 1.82) is 0 Å². The zero-order chi connectivity index (χ0) is 13.5. The molecular weight excluding hydrogens is 260 g/mol.